The number of amides is 1. The average Bonchev–Trinajstić information content (AvgIpc) is 2.63. The number of hydrogen-bond donors (Lipinski definition) is 1. The van der Waals surface area contributed by atoms with Crippen LogP contribution >= 0.6 is 0 Å². The summed E-state index contributed by atoms with van der Waals surface area (Å²) in [6.45, 7) is 7.83. The molecule has 2 aliphatic heterocycles. The lowest BCUT2D eigenvalue weighted by molar-refractivity contribution is -0.121. The van der Waals surface area contributed by atoms with E-state index in [-0.39, 0.29) is 18.1 Å². The topological polar surface area (TPSA) is 44.8 Å². The zero-order valence-electron chi connectivity index (χ0n) is 15.4. The molecule has 0 radical (unpaired) electrons. The zero-order chi connectivity index (χ0) is 18.1. The van der Waals surface area contributed by atoms with Gasteiger partial charge in [-0.15, -0.1) is 0 Å². The minimum absolute atomic E-state index is 0.000793. The third-order valence-electron chi connectivity index (χ3n) is 5.00. The molecule has 1 fully saturated rings. The van der Waals surface area contributed by atoms with Crippen LogP contribution in [0.25, 0.3) is 0 Å². The van der Waals surface area contributed by atoms with Crippen molar-refractivity contribution in [1.29, 1.82) is 0 Å². The minimum Gasteiger partial charge on any atom is -0.479 e. The first-order chi connectivity index (χ1) is 12.5. The SMILES string of the molecule is CC1(C)CN(c2cccc3c2OCC(=O)N3Cc2ccccc2)CCN1. The van der Waals surface area contributed by atoms with E-state index >= 15 is 0 Å². The summed E-state index contributed by atoms with van der Waals surface area (Å²) in [5, 5.41) is 3.54. The first kappa shape index (κ1) is 16.9. The molecule has 0 spiro atoms. The molecule has 0 aromatic heterocycles. The van der Waals surface area contributed by atoms with Crippen LogP contribution in [0.3, 0.4) is 0 Å². The minimum atomic E-state index is -0.000793. The number of rotatable bonds is 3. The van der Waals surface area contributed by atoms with Gasteiger partial charge in [-0.3, -0.25) is 4.79 Å². The van der Waals surface area contributed by atoms with Crippen molar-refractivity contribution >= 4 is 17.3 Å². The molecule has 0 bridgehead atoms. The maximum absolute atomic E-state index is 12.5. The highest BCUT2D eigenvalue weighted by Gasteiger charge is 2.32. The van der Waals surface area contributed by atoms with Gasteiger partial charge in [0.1, 0.15) is 0 Å². The van der Waals surface area contributed by atoms with E-state index in [1.54, 1.807) is 0 Å². The predicted octanol–water partition coefficient (Wildman–Crippen LogP) is 2.80. The van der Waals surface area contributed by atoms with E-state index in [1.807, 2.05) is 47.4 Å². The number of anilines is 2. The quantitative estimate of drug-likeness (QED) is 0.924. The number of benzene rings is 2. The highest BCUT2D eigenvalue weighted by atomic mass is 16.5. The Bertz CT molecular complexity index is 804. The number of hydrogen-bond acceptors (Lipinski definition) is 4. The predicted molar refractivity (Wildman–Crippen MR) is 104 cm³/mol. The molecule has 2 aliphatic rings. The molecule has 0 unspecified atom stereocenters. The van der Waals surface area contributed by atoms with E-state index in [9.17, 15) is 4.79 Å². The number of carbonyl (C=O) groups excluding carboxylic acids is 1. The van der Waals surface area contributed by atoms with Crippen molar-refractivity contribution in [3.05, 3.63) is 54.1 Å². The third-order valence-corrected chi connectivity index (χ3v) is 5.00. The van der Waals surface area contributed by atoms with Crippen LogP contribution in [0.15, 0.2) is 48.5 Å². The van der Waals surface area contributed by atoms with Gasteiger partial charge in [0.05, 0.1) is 17.9 Å². The van der Waals surface area contributed by atoms with Crippen LogP contribution in [-0.2, 0) is 11.3 Å². The molecule has 5 heteroatoms. The second-order valence-corrected chi connectivity index (χ2v) is 7.61. The molecular formula is C21H25N3O2. The number of ether oxygens (including phenoxy) is 1. The molecule has 0 saturated carbocycles. The number of para-hydroxylation sites is 1. The Balaban J connectivity index is 1.68. The van der Waals surface area contributed by atoms with Crippen molar-refractivity contribution in [3.8, 4) is 5.75 Å². The van der Waals surface area contributed by atoms with Crippen molar-refractivity contribution in [2.45, 2.75) is 25.9 Å². The molecule has 0 atom stereocenters. The Morgan fingerprint density at radius 2 is 1.85 bits per heavy atom. The zero-order valence-corrected chi connectivity index (χ0v) is 15.4. The average molecular weight is 351 g/mol. The van der Waals surface area contributed by atoms with Crippen LogP contribution in [0.1, 0.15) is 19.4 Å². The van der Waals surface area contributed by atoms with Gasteiger partial charge in [0.2, 0.25) is 0 Å². The first-order valence-corrected chi connectivity index (χ1v) is 9.14. The number of fused-ring (bicyclic) bond motifs is 1. The summed E-state index contributed by atoms with van der Waals surface area (Å²) in [7, 11) is 0. The highest BCUT2D eigenvalue weighted by molar-refractivity contribution is 5.99. The molecular weight excluding hydrogens is 326 g/mol. The highest BCUT2D eigenvalue weighted by Crippen LogP contribution is 2.41. The smallest absolute Gasteiger partial charge is 0.265 e. The largest absolute Gasteiger partial charge is 0.479 e. The summed E-state index contributed by atoms with van der Waals surface area (Å²) in [5.74, 6) is 0.819. The fraction of sp³-hybridized carbons (Fsp3) is 0.381. The molecule has 0 aliphatic carbocycles. The summed E-state index contributed by atoms with van der Waals surface area (Å²) in [4.78, 5) is 16.7. The Morgan fingerprint density at radius 3 is 2.62 bits per heavy atom. The number of piperazine rings is 1. The maximum Gasteiger partial charge on any atom is 0.265 e. The molecule has 1 saturated heterocycles. The molecule has 2 heterocycles. The van der Waals surface area contributed by atoms with Crippen LogP contribution in [0.5, 0.6) is 5.75 Å². The van der Waals surface area contributed by atoms with Crippen molar-refractivity contribution in [3.63, 3.8) is 0 Å². The maximum atomic E-state index is 12.5. The molecule has 2 aromatic carbocycles. The van der Waals surface area contributed by atoms with Crippen LogP contribution in [0.2, 0.25) is 0 Å². The fourth-order valence-electron chi connectivity index (χ4n) is 3.75. The Labute approximate surface area is 154 Å². The van der Waals surface area contributed by atoms with Crippen molar-refractivity contribution < 1.29 is 9.53 Å². The van der Waals surface area contributed by atoms with Crippen molar-refractivity contribution in [2.75, 3.05) is 36.0 Å². The van der Waals surface area contributed by atoms with Crippen LogP contribution in [0, 0.1) is 0 Å². The molecule has 4 rings (SSSR count). The lowest BCUT2D eigenvalue weighted by Gasteiger charge is -2.42. The van der Waals surface area contributed by atoms with Gasteiger partial charge in [-0.1, -0.05) is 36.4 Å². The lowest BCUT2D eigenvalue weighted by Crippen LogP contribution is -2.57. The summed E-state index contributed by atoms with van der Waals surface area (Å²) in [6.07, 6.45) is 0. The van der Waals surface area contributed by atoms with Gasteiger partial charge in [0, 0.05) is 25.2 Å². The first-order valence-electron chi connectivity index (χ1n) is 9.14. The van der Waals surface area contributed by atoms with Gasteiger partial charge in [-0.25, -0.2) is 0 Å². The van der Waals surface area contributed by atoms with Crippen molar-refractivity contribution in [1.82, 2.24) is 5.32 Å². The number of carbonyl (C=O) groups is 1. The summed E-state index contributed by atoms with van der Waals surface area (Å²) in [6, 6.07) is 16.2. The third kappa shape index (κ3) is 3.27. The summed E-state index contributed by atoms with van der Waals surface area (Å²) >= 11 is 0. The molecule has 2 aromatic rings. The number of nitrogens with zero attached hydrogens (tertiary/aromatic N) is 2. The second-order valence-electron chi connectivity index (χ2n) is 7.61. The van der Waals surface area contributed by atoms with E-state index in [2.05, 4.69) is 30.1 Å². The van der Waals surface area contributed by atoms with Gasteiger partial charge in [-0.2, -0.15) is 0 Å². The van der Waals surface area contributed by atoms with E-state index in [0.29, 0.717) is 6.54 Å². The van der Waals surface area contributed by atoms with Gasteiger partial charge in [0.15, 0.2) is 12.4 Å². The molecule has 26 heavy (non-hydrogen) atoms. The summed E-state index contributed by atoms with van der Waals surface area (Å²) in [5.41, 5.74) is 3.10. The molecule has 1 N–H and O–H groups in total. The second kappa shape index (κ2) is 6.65. The standard InChI is InChI=1S/C21H25N3O2/c1-21(2)15-23(12-11-22-21)17-9-6-10-18-20(17)26-14-19(25)24(18)13-16-7-4-3-5-8-16/h3-10,22H,11-15H2,1-2H3. The number of nitrogens with one attached hydrogen (secondary N) is 1. The van der Waals surface area contributed by atoms with Crippen LogP contribution in [-0.4, -0.2) is 37.7 Å². The normalized spacial score (nSPS) is 19.1. The molecule has 5 nitrogen and oxygen atoms in total. The molecule has 1 amide bonds. The van der Waals surface area contributed by atoms with Crippen molar-refractivity contribution in [2.24, 2.45) is 0 Å². The molecule has 136 valence electrons. The van der Waals surface area contributed by atoms with Gasteiger partial charge >= 0.3 is 0 Å². The van der Waals surface area contributed by atoms with Gasteiger partial charge in [0.25, 0.3) is 5.91 Å². The van der Waals surface area contributed by atoms with Crippen LogP contribution < -0.4 is 19.9 Å². The van der Waals surface area contributed by atoms with Gasteiger partial charge < -0.3 is 19.9 Å². The van der Waals surface area contributed by atoms with E-state index in [4.69, 9.17) is 4.74 Å². The van der Waals surface area contributed by atoms with E-state index in [1.165, 1.54) is 0 Å². The van der Waals surface area contributed by atoms with Crippen LogP contribution in [0.4, 0.5) is 11.4 Å². The summed E-state index contributed by atoms with van der Waals surface area (Å²) < 4.78 is 5.90. The monoisotopic (exact) mass is 351 g/mol. The Morgan fingerprint density at radius 1 is 1.08 bits per heavy atom. The van der Waals surface area contributed by atoms with E-state index < -0.39 is 0 Å². The Kier molecular flexibility index (Phi) is 4.32. The van der Waals surface area contributed by atoms with E-state index in [0.717, 1.165) is 42.3 Å². The lowest BCUT2D eigenvalue weighted by atomic mass is 10.0. The fourth-order valence-corrected chi connectivity index (χ4v) is 3.75. The van der Waals surface area contributed by atoms with Gasteiger partial charge in [-0.05, 0) is 31.5 Å². The Hall–Kier alpha value is -2.53.